The molecule has 3 saturated heterocycles. The number of fused-ring (bicyclic) bond motifs is 5. The number of ether oxygens (including phenoxy) is 6. The summed E-state index contributed by atoms with van der Waals surface area (Å²) in [5.74, 6) is -0.306. The van der Waals surface area contributed by atoms with Crippen LogP contribution in [0.1, 0.15) is 107 Å². The molecule has 0 amide bonds. The van der Waals surface area contributed by atoms with E-state index in [0.717, 1.165) is 12.0 Å². The van der Waals surface area contributed by atoms with Crippen LogP contribution in [0.3, 0.4) is 0 Å². The first-order chi connectivity index (χ1) is 31.6. The van der Waals surface area contributed by atoms with Crippen molar-refractivity contribution in [1.82, 2.24) is 0 Å². The minimum absolute atomic E-state index is 0.0166. The van der Waals surface area contributed by atoms with Crippen LogP contribution in [0.15, 0.2) is 11.6 Å². The number of rotatable bonds is 14. The van der Waals surface area contributed by atoms with E-state index in [9.17, 15) is 71.5 Å². The highest BCUT2D eigenvalue weighted by molar-refractivity contribution is 5.32. The molecule has 0 aromatic heterocycles. The predicted molar refractivity (Wildman–Crippen MR) is 236 cm³/mol. The van der Waals surface area contributed by atoms with E-state index >= 15 is 0 Å². The minimum atomic E-state index is -1.81. The topological polar surface area (TPSA) is 339 Å². The number of aliphatic hydroxyl groups excluding tert-OH is 13. The predicted octanol–water partition coefficient (Wildman–Crippen LogP) is -1.94. The number of allylic oxidation sites excluding steroid dienone is 1. The molecule has 0 aromatic rings. The number of aliphatic hydroxyl groups is 14. The summed E-state index contributed by atoms with van der Waals surface area (Å²) in [7, 11) is 0. The molecular formula is C48H82O20. The van der Waals surface area contributed by atoms with Gasteiger partial charge in [0.05, 0.1) is 49.3 Å². The van der Waals surface area contributed by atoms with Crippen molar-refractivity contribution >= 4 is 0 Å². The van der Waals surface area contributed by atoms with Gasteiger partial charge in [0, 0.05) is 10.8 Å². The van der Waals surface area contributed by atoms with Gasteiger partial charge in [0.15, 0.2) is 18.9 Å². The van der Waals surface area contributed by atoms with E-state index in [2.05, 4.69) is 26.8 Å². The van der Waals surface area contributed by atoms with Gasteiger partial charge in [-0.2, -0.15) is 0 Å². The van der Waals surface area contributed by atoms with Gasteiger partial charge in [-0.25, -0.2) is 0 Å². The van der Waals surface area contributed by atoms with Gasteiger partial charge in [-0.1, -0.05) is 46.3 Å². The molecule has 3 heterocycles. The number of hydrogen-bond donors (Lipinski definition) is 14. The van der Waals surface area contributed by atoms with Crippen LogP contribution in [0.2, 0.25) is 0 Å². The van der Waals surface area contributed by atoms with Gasteiger partial charge in [-0.15, -0.1) is 0 Å². The van der Waals surface area contributed by atoms with Crippen LogP contribution in [0, 0.1) is 39.4 Å². The molecule has 0 bridgehead atoms. The maximum atomic E-state index is 12.6. The first-order valence-electron chi connectivity index (χ1n) is 24.6. The average Bonchev–Trinajstić information content (AvgIpc) is 3.56. The van der Waals surface area contributed by atoms with Crippen molar-refractivity contribution in [3.05, 3.63) is 11.6 Å². The second-order valence-corrected chi connectivity index (χ2v) is 23.3. The van der Waals surface area contributed by atoms with E-state index in [1.807, 2.05) is 13.8 Å². The van der Waals surface area contributed by atoms with Crippen molar-refractivity contribution in [2.45, 2.75) is 228 Å². The molecule has 20 nitrogen and oxygen atoms in total. The van der Waals surface area contributed by atoms with Gasteiger partial charge in [0.1, 0.15) is 73.2 Å². The van der Waals surface area contributed by atoms with Crippen LogP contribution in [-0.4, -0.2) is 213 Å². The molecule has 3 aliphatic heterocycles. The van der Waals surface area contributed by atoms with Crippen molar-refractivity contribution in [2.24, 2.45) is 39.4 Å². The van der Waals surface area contributed by atoms with E-state index in [-0.39, 0.29) is 36.0 Å². The average molecular weight is 979 g/mol. The molecule has 0 unspecified atom stereocenters. The van der Waals surface area contributed by atoms with E-state index < -0.39 is 158 Å². The first-order valence-corrected chi connectivity index (χ1v) is 24.6. The molecule has 14 N–H and O–H groups in total. The van der Waals surface area contributed by atoms with Crippen LogP contribution >= 0.6 is 0 Å². The lowest BCUT2D eigenvalue weighted by Crippen LogP contribution is -2.66. The van der Waals surface area contributed by atoms with Gasteiger partial charge in [-0.3, -0.25) is 0 Å². The lowest BCUT2D eigenvalue weighted by molar-refractivity contribution is -0.375. The van der Waals surface area contributed by atoms with E-state index in [1.165, 1.54) is 0 Å². The summed E-state index contributed by atoms with van der Waals surface area (Å²) in [5.41, 5.74) is -3.64. The van der Waals surface area contributed by atoms with Crippen molar-refractivity contribution in [3.63, 3.8) is 0 Å². The SMILES string of the molecule is CC(C)(O[C@@H]1O[C@H](CO)[C@@H](O)[C@H](O)[C@H]1O)[C@H](O)CC[C@](C)(O)[C@H]1CC[C@@]2(C)[C@@H]3CC=C4[C@@H](CC[C@H](O[C@@H]5O[C@H](CO)[C@@H](O)[C@H](O)[C@H]5O[C@@H]5O[C@H](CO)[C@@H](O)[C@H](O)[C@H]5O)C4(C)C)[C@]3(C)[C@H](O)C[C@]12C. The van der Waals surface area contributed by atoms with E-state index in [1.54, 1.807) is 20.8 Å². The van der Waals surface area contributed by atoms with Gasteiger partial charge >= 0.3 is 0 Å². The second kappa shape index (κ2) is 19.7. The third-order valence-corrected chi connectivity index (χ3v) is 18.9. The van der Waals surface area contributed by atoms with Crippen LogP contribution in [0.5, 0.6) is 0 Å². The second-order valence-electron chi connectivity index (χ2n) is 23.3. The monoisotopic (exact) mass is 979 g/mol. The molecule has 394 valence electrons. The van der Waals surface area contributed by atoms with Crippen LogP contribution in [0.25, 0.3) is 0 Å². The highest BCUT2D eigenvalue weighted by Gasteiger charge is 2.71. The van der Waals surface area contributed by atoms with Gasteiger partial charge < -0.3 is 99.9 Å². The fraction of sp³-hybridized carbons (Fsp3) is 0.958. The first kappa shape index (κ1) is 54.7. The van der Waals surface area contributed by atoms with Crippen LogP contribution in [0.4, 0.5) is 0 Å². The van der Waals surface area contributed by atoms with Crippen molar-refractivity contribution in [3.8, 4) is 0 Å². The van der Waals surface area contributed by atoms with E-state index in [4.69, 9.17) is 28.4 Å². The summed E-state index contributed by atoms with van der Waals surface area (Å²) in [6.45, 7) is 13.7. The highest BCUT2D eigenvalue weighted by Crippen LogP contribution is 2.75. The zero-order valence-corrected chi connectivity index (χ0v) is 40.7. The zero-order chi connectivity index (χ0) is 50.4. The maximum Gasteiger partial charge on any atom is 0.187 e. The molecule has 20 heteroatoms. The van der Waals surface area contributed by atoms with Crippen LogP contribution < -0.4 is 0 Å². The largest absolute Gasteiger partial charge is 0.394 e. The normalized spacial score (nSPS) is 50.9. The third kappa shape index (κ3) is 8.98. The fourth-order valence-electron chi connectivity index (χ4n) is 14.2. The van der Waals surface area contributed by atoms with Crippen molar-refractivity contribution < 1.29 is 99.9 Å². The summed E-state index contributed by atoms with van der Waals surface area (Å²) in [5, 5.41) is 151. The standard InChI is InChI=1S/C48H82O20/c1-43(2)21-9-11-27-45(5)15-13-26(47(7,62)16-14-28(52)44(3,4)68-41-38(61)35(58)32(55)24(19-50)64-41)46(45,6)17-29(53)48(27,8)22(21)10-12-30(43)66-42-39(36(59)33(56)25(20-51)65-42)67-40-37(60)34(57)31(54)23(18-49)63-40/h9,22-42,49-62H,10-20H2,1-8H3/t22-,23-,24-,25-,26+,27+,28-,29-,30+,31-,32-,33-,34+,35+,36+,37-,38-,39-,40+,41+,42+,45+,46-,47+,48+/m1/s1. The molecule has 0 aromatic carbocycles. The molecule has 68 heavy (non-hydrogen) atoms. The molecular weight excluding hydrogens is 897 g/mol. The molecule has 3 saturated carbocycles. The Morgan fingerprint density at radius 2 is 1.19 bits per heavy atom. The lowest BCUT2D eigenvalue weighted by atomic mass is 9.38. The van der Waals surface area contributed by atoms with Gasteiger partial charge in [0.2, 0.25) is 0 Å². The van der Waals surface area contributed by atoms with Crippen LogP contribution in [-0.2, 0) is 28.4 Å². The molecule has 0 spiro atoms. The minimum Gasteiger partial charge on any atom is -0.394 e. The van der Waals surface area contributed by atoms with Gasteiger partial charge in [0.25, 0.3) is 0 Å². The Bertz CT molecular complexity index is 1760. The Labute approximate surface area is 398 Å². The van der Waals surface area contributed by atoms with E-state index in [0.29, 0.717) is 32.1 Å². The maximum absolute atomic E-state index is 12.6. The lowest BCUT2D eigenvalue weighted by Gasteiger charge is -2.68. The summed E-state index contributed by atoms with van der Waals surface area (Å²) in [6, 6.07) is 0. The Hall–Kier alpha value is -1.06. The summed E-state index contributed by atoms with van der Waals surface area (Å²) >= 11 is 0. The Kier molecular flexibility index (Phi) is 15.8. The zero-order valence-electron chi connectivity index (χ0n) is 40.7. The smallest absolute Gasteiger partial charge is 0.187 e. The third-order valence-electron chi connectivity index (χ3n) is 18.9. The summed E-state index contributed by atoms with van der Waals surface area (Å²) < 4.78 is 35.7. The molecule has 6 fully saturated rings. The molecule has 4 aliphatic carbocycles. The molecule has 7 aliphatic rings. The molecule has 0 radical (unpaired) electrons. The van der Waals surface area contributed by atoms with Crippen molar-refractivity contribution in [2.75, 3.05) is 19.8 Å². The highest BCUT2D eigenvalue weighted by atomic mass is 16.8. The molecule has 7 rings (SSSR count). The summed E-state index contributed by atoms with van der Waals surface area (Å²) in [4.78, 5) is 0. The van der Waals surface area contributed by atoms with Crippen molar-refractivity contribution in [1.29, 1.82) is 0 Å². The Morgan fingerprint density at radius 1 is 0.662 bits per heavy atom. The van der Waals surface area contributed by atoms with Gasteiger partial charge in [-0.05, 0) is 101 Å². The Morgan fingerprint density at radius 3 is 1.76 bits per heavy atom. The Balaban J connectivity index is 1.06. The number of hydrogen-bond acceptors (Lipinski definition) is 20. The quantitative estimate of drug-likeness (QED) is 0.0842. The molecule has 25 atom stereocenters. The fourth-order valence-corrected chi connectivity index (χ4v) is 14.2. The summed E-state index contributed by atoms with van der Waals surface area (Å²) in [6.07, 6.45) is -19.6.